The number of carbonyl (C=O) groups is 1. The number of hydrogen-bond acceptors (Lipinski definition) is 4. The van der Waals surface area contributed by atoms with Gasteiger partial charge in [-0.2, -0.15) is 0 Å². The Morgan fingerprint density at radius 3 is 2.82 bits per heavy atom. The minimum Gasteiger partial charge on any atom is -0.493 e. The van der Waals surface area contributed by atoms with Gasteiger partial charge in [-0.1, -0.05) is 18.2 Å². The van der Waals surface area contributed by atoms with E-state index in [0.29, 0.717) is 25.4 Å². The Bertz CT molecular complexity index is 508. The quantitative estimate of drug-likeness (QED) is 0.735. The van der Waals surface area contributed by atoms with Crippen LogP contribution in [0.3, 0.4) is 0 Å². The first-order valence-electron chi connectivity index (χ1n) is 7.62. The lowest BCUT2D eigenvalue weighted by atomic mass is 10.1. The van der Waals surface area contributed by atoms with Gasteiger partial charge in [0, 0.05) is 18.7 Å². The molecule has 2 fully saturated rings. The third kappa shape index (κ3) is 4.60. The summed E-state index contributed by atoms with van der Waals surface area (Å²) in [6.45, 7) is 1.70. The largest absolute Gasteiger partial charge is 0.493 e. The second-order valence-electron chi connectivity index (χ2n) is 5.93. The van der Waals surface area contributed by atoms with Crippen LogP contribution in [0.15, 0.2) is 24.3 Å². The zero-order valence-corrected chi connectivity index (χ0v) is 13.3. The third-order valence-electron chi connectivity index (χ3n) is 4.02. The molecule has 1 amide bonds. The summed E-state index contributed by atoms with van der Waals surface area (Å²) in [7, 11) is 0. The Kier molecular flexibility index (Phi) is 6.06. The van der Waals surface area contributed by atoms with Gasteiger partial charge in [0.1, 0.15) is 5.75 Å². The monoisotopic (exact) mass is 326 g/mol. The Hall–Kier alpha value is -1.30. The summed E-state index contributed by atoms with van der Waals surface area (Å²) < 4.78 is 5.83. The molecule has 3 N–H and O–H groups in total. The molecule has 0 radical (unpaired) electrons. The molecular formula is C16H23ClN2O3. The van der Waals surface area contributed by atoms with Crippen molar-refractivity contribution in [2.45, 2.75) is 38.0 Å². The van der Waals surface area contributed by atoms with E-state index in [2.05, 4.69) is 10.6 Å². The van der Waals surface area contributed by atoms with Crippen molar-refractivity contribution >= 4 is 18.3 Å². The van der Waals surface area contributed by atoms with Gasteiger partial charge in [0.2, 0.25) is 5.91 Å². The maximum atomic E-state index is 12.0. The van der Waals surface area contributed by atoms with E-state index < -0.39 is 6.10 Å². The van der Waals surface area contributed by atoms with Crippen molar-refractivity contribution in [3.8, 4) is 5.75 Å². The molecule has 22 heavy (non-hydrogen) atoms. The van der Waals surface area contributed by atoms with Gasteiger partial charge in [-0.25, -0.2) is 0 Å². The van der Waals surface area contributed by atoms with Gasteiger partial charge in [0.25, 0.3) is 0 Å². The average molecular weight is 327 g/mol. The fraction of sp³-hybridized carbons (Fsp3) is 0.562. The topological polar surface area (TPSA) is 70.6 Å². The van der Waals surface area contributed by atoms with E-state index in [-0.39, 0.29) is 24.4 Å². The fourth-order valence-electron chi connectivity index (χ4n) is 2.51. The molecule has 1 saturated carbocycles. The summed E-state index contributed by atoms with van der Waals surface area (Å²) >= 11 is 0. The van der Waals surface area contributed by atoms with Crippen LogP contribution in [0.25, 0.3) is 0 Å². The minimum atomic E-state index is -0.421. The standard InChI is InChI=1S/C16H22N2O3.ClH/c19-13-7-14(17-9-13)16(20)18-8-12-3-1-2-4-15(12)21-10-11-5-6-11;/h1-4,11,13-14,17,19H,5-10H2,(H,18,20);1H. The van der Waals surface area contributed by atoms with Gasteiger partial charge in [-0.3, -0.25) is 4.79 Å². The van der Waals surface area contributed by atoms with Gasteiger partial charge in [0.15, 0.2) is 0 Å². The molecular weight excluding hydrogens is 304 g/mol. The number of carbonyl (C=O) groups excluding carboxylic acids is 1. The van der Waals surface area contributed by atoms with E-state index in [1.807, 2.05) is 24.3 Å². The first kappa shape index (κ1) is 17.1. The number of hydrogen-bond donors (Lipinski definition) is 3. The highest BCUT2D eigenvalue weighted by Crippen LogP contribution is 2.30. The molecule has 6 heteroatoms. The number of ether oxygens (including phenoxy) is 1. The number of rotatable bonds is 6. The number of halogens is 1. The third-order valence-corrected chi connectivity index (χ3v) is 4.02. The molecule has 0 aromatic heterocycles. The Balaban J connectivity index is 0.00000176. The molecule has 0 bridgehead atoms. The molecule has 1 aromatic rings. The molecule has 2 aliphatic rings. The fourth-order valence-corrected chi connectivity index (χ4v) is 2.51. The van der Waals surface area contributed by atoms with Crippen molar-refractivity contribution in [3.05, 3.63) is 29.8 Å². The van der Waals surface area contributed by atoms with Crippen LogP contribution >= 0.6 is 12.4 Å². The van der Waals surface area contributed by atoms with Gasteiger partial charge >= 0.3 is 0 Å². The van der Waals surface area contributed by atoms with Crippen LogP contribution in [0.1, 0.15) is 24.8 Å². The van der Waals surface area contributed by atoms with Crippen LogP contribution < -0.4 is 15.4 Å². The lowest BCUT2D eigenvalue weighted by Crippen LogP contribution is -2.40. The van der Waals surface area contributed by atoms with Crippen LogP contribution in [0.5, 0.6) is 5.75 Å². The molecule has 0 spiro atoms. The molecule has 1 saturated heterocycles. The first-order chi connectivity index (χ1) is 10.2. The lowest BCUT2D eigenvalue weighted by Gasteiger charge is -2.14. The maximum absolute atomic E-state index is 12.0. The number of benzene rings is 1. The van der Waals surface area contributed by atoms with Crippen molar-refractivity contribution in [2.24, 2.45) is 5.92 Å². The van der Waals surface area contributed by atoms with E-state index in [9.17, 15) is 9.90 Å². The van der Waals surface area contributed by atoms with E-state index in [1.54, 1.807) is 0 Å². The number of β-amino-alcohol motifs (C(OH)–C–C–N with tert-alkyl or cyclic N) is 1. The first-order valence-corrected chi connectivity index (χ1v) is 7.62. The predicted octanol–water partition coefficient (Wildman–Crippen LogP) is 1.24. The van der Waals surface area contributed by atoms with E-state index in [0.717, 1.165) is 17.9 Å². The highest BCUT2D eigenvalue weighted by atomic mass is 35.5. The van der Waals surface area contributed by atoms with E-state index in [4.69, 9.17) is 4.74 Å². The van der Waals surface area contributed by atoms with E-state index in [1.165, 1.54) is 12.8 Å². The molecule has 1 aliphatic heterocycles. The van der Waals surface area contributed by atoms with Crippen LogP contribution in [-0.4, -0.2) is 36.3 Å². The highest BCUT2D eigenvalue weighted by Gasteiger charge is 2.28. The van der Waals surface area contributed by atoms with Gasteiger partial charge in [-0.15, -0.1) is 12.4 Å². The molecule has 1 aromatic carbocycles. The van der Waals surface area contributed by atoms with Crippen molar-refractivity contribution in [1.82, 2.24) is 10.6 Å². The summed E-state index contributed by atoms with van der Waals surface area (Å²) in [4.78, 5) is 12.0. The van der Waals surface area contributed by atoms with Crippen LogP contribution in [0.2, 0.25) is 0 Å². The summed E-state index contributed by atoms with van der Waals surface area (Å²) in [5.74, 6) is 1.49. The number of para-hydroxylation sites is 1. The second kappa shape index (κ2) is 7.81. The smallest absolute Gasteiger partial charge is 0.237 e. The molecule has 3 rings (SSSR count). The highest BCUT2D eigenvalue weighted by molar-refractivity contribution is 5.85. The maximum Gasteiger partial charge on any atom is 0.237 e. The van der Waals surface area contributed by atoms with Crippen LogP contribution in [-0.2, 0) is 11.3 Å². The Labute approximate surface area is 136 Å². The number of nitrogens with one attached hydrogen (secondary N) is 2. The number of aliphatic hydroxyl groups excluding tert-OH is 1. The van der Waals surface area contributed by atoms with Gasteiger partial charge < -0.3 is 20.5 Å². The molecule has 2 unspecified atom stereocenters. The lowest BCUT2D eigenvalue weighted by molar-refractivity contribution is -0.123. The second-order valence-corrected chi connectivity index (χ2v) is 5.93. The average Bonchev–Trinajstić information content (AvgIpc) is 3.23. The van der Waals surface area contributed by atoms with E-state index >= 15 is 0 Å². The van der Waals surface area contributed by atoms with Crippen molar-refractivity contribution in [2.75, 3.05) is 13.2 Å². The molecule has 1 aliphatic carbocycles. The molecule has 2 atom stereocenters. The van der Waals surface area contributed by atoms with Crippen molar-refractivity contribution < 1.29 is 14.6 Å². The van der Waals surface area contributed by atoms with Crippen molar-refractivity contribution in [3.63, 3.8) is 0 Å². The van der Waals surface area contributed by atoms with Crippen LogP contribution in [0.4, 0.5) is 0 Å². The van der Waals surface area contributed by atoms with Crippen LogP contribution in [0, 0.1) is 5.92 Å². The number of aliphatic hydroxyl groups is 1. The predicted molar refractivity (Wildman–Crippen MR) is 86.2 cm³/mol. The summed E-state index contributed by atoms with van der Waals surface area (Å²) in [6.07, 6.45) is 2.57. The minimum absolute atomic E-state index is 0. The summed E-state index contributed by atoms with van der Waals surface area (Å²) in [5, 5.41) is 15.4. The molecule has 1 heterocycles. The Morgan fingerprint density at radius 2 is 2.14 bits per heavy atom. The van der Waals surface area contributed by atoms with Gasteiger partial charge in [0.05, 0.1) is 18.8 Å². The summed E-state index contributed by atoms with van der Waals surface area (Å²) in [5.41, 5.74) is 0.991. The molecule has 122 valence electrons. The van der Waals surface area contributed by atoms with Gasteiger partial charge in [-0.05, 0) is 31.2 Å². The van der Waals surface area contributed by atoms with Crippen molar-refractivity contribution in [1.29, 1.82) is 0 Å². The zero-order chi connectivity index (χ0) is 14.7. The SMILES string of the molecule is Cl.O=C(NCc1ccccc1OCC1CC1)C1CC(O)CN1. The molecule has 5 nitrogen and oxygen atoms in total. The number of amides is 1. The summed E-state index contributed by atoms with van der Waals surface area (Å²) in [6, 6.07) is 7.52. The Morgan fingerprint density at radius 1 is 1.36 bits per heavy atom. The normalized spacial score (nSPS) is 23.7. The zero-order valence-electron chi connectivity index (χ0n) is 12.5.